The summed E-state index contributed by atoms with van der Waals surface area (Å²) in [7, 11) is 1.60. The van der Waals surface area contributed by atoms with Crippen molar-refractivity contribution in [2.45, 2.75) is 18.8 Å². The number of pyridine rings is 1. The Morgan fingerprint density at radius 1 is 1.14 bits per heavy atom. The number of aromatic nitrogens is 1. The smallest absolute Gasteiger partial charge is 0.174 e. The number of hydrogen-bond donors (Lipinski definition) is 1. The zero-order valence-corrected chi connectivity index (χ0v) is 12.8. The second-order valence-electron chi connectivity index (χ2n) is 5.46. The summed E-state index contributed by atoms with van der Waals surface area (Å²) in [5, 5.41) is 3.40. The number of nitrogens with one attached hydrogen (secondary N) is 1. The summed E-state index contributed by atoms with van der Waals surface area (Å²) in [6.45, 7) is 2.13. The van der Waals surface area contributed by atoms with Gasteiger partial charge in [0.1, 0.15) is 0 Å². The van der Waals surface area contributed by atoms with Crippen molar-refractivity contribution >= 4 is 12.1 Å². The van der Waals surface area contributed by atoms with Gasteiger partial charge in [-0.2, -0.15) is 0 Å². The van der Waals surface area contributed by atoms with Crippen LogP contribution in [0.2, 0.25) is 0 Å². The summed E-state index contributed by atoms with van der Waals surface area (Å²) in [6.07, 6.45) is 3.73. The Kier molecular flexibility index (Phi) is 4.81. The van der Waals surface area contributed by atoms with Crippen LogP contribution in [0.3, 0.4) is 0 Å². The van der Waals surface area contributed by atoms with Crippen molar-refractivity contribution in [3.8, 4) is 11.3 Å². The van der Waals surface area contributed by atoms with Gasteiger partial charge in [-0.1, -0.05) is 30.3 Å². The summed E-state index contributed by atoms with van der Waals surface area (Å²) in [5.74, 6) is 0.532. The molecule has 1 aromatic carbocycles. The van der Waals surface area contributed by atoms with E-state index in [-0.39, 0.29) is 0 Å². The monoisotopic (exact) mass is 295 g/mol. The highest BCUT2D eigenvalue weighted by molar-refractivity contribution is 5.74. The molecule has 1 aromatic heterocycles. The number of nitrogens with zero attached hydrogens (tertiary/aromatic N) is 2. The normalized spacial score (nSPS) is 16.0. The van der Waals surface area contributed by atoms with E-state index in [1.165, 1.54) is 6.40 Å². The molecule has 1 aliphatic rings. The molecule has 22 heavy (non-hydrogen) atoms. The zero-order valence-electron chi connectivity index (χ0n) is 12.8. The van der Waals surface area contributed by atoms with Crippen LogP contribution in [-0.4, -0.2) is 31.6 Å². The molecular formula is C18H21N3O. The number of rotatable bonds is 4. The molecule has 1 fully saturated rings. The molecule has 114 valence electrons. The molecule has 2 aromatic rings. The Hall–Kier alpha value is -2.20. The third-order valence-corrected chi connectivity index (χ3v) is 4.00. The molecule has 0 atom stereocenters. The van der Waals surface area contributed by atoms with Crippen molar-refractivity contribution in [3.63, 3.8) is 0 Å². The predicted molar refractivity (Wildman–Crippen MR) is 89.7 cm³/mol. The summed E-state index contributed by atoms with van der Waals surface area (Å²) in [4.78, 5) is 9.29. The van der Waals surface area contributed by atoms with Crippen molar-refractivity contribution < 1.29 is 4.74 Å². The quantitative estimate of drug-likeness (QED) is 0.693. The molecule has 4 nitrogen and oxygen atoms in total. The second kappa shape index (κ2) is 7.18. The van der Waals surface area contributed by atoms with Crippen LogP contribution in [0.4, 0.5) is 5.69 Å². The summed E-state index contributed by atoms with van der Waals surface area (Å²) >= 11 is 0. The van der Waals surface area contributed by atoms with Crippen molar-refractivity contribution in [1.29, 1.82) is 0 Å². The Bertz CT molecular complexity index is 634. The minimum absolute atomic E-state index is 0.532. The number of piperidine rings is 1. The van der Waals surface area contributed by atoms with Crippen LogP contribution in [-0.2, 0) is 4.74 Å². The molecule has 0 radical (unpaired) electrons. The fraction of sp³-hybridized carbons (Fsp3) is 0.333. The van der Waals surface area contributed by atoms with Gasteiger partial charge in [-0.3, -0.25) is 4.98 Å². The Labute approximate surface area is 131 Å². The summed E-state index contributed by atoms with van der Waals surface area (Å²) in [5.41, 5.74) is 4.01. The zero-order chi connectivity index (χ0) is 15.2. The average molecular weight is 295 g/mol. The van der Waals surface area contributed by atoms with Gasteiger partial charge in [-0.15, -0.1) is 0 Å². The van der Waals surface area contributed by atoms with E-state index in [0.717, 1.165) is 48.6 Å². The van der Waals surface area contributed by atoms with Crippen molar-refractivity contribution in [2.24, 2.45) is 4.99 Å². The molecule has 1 saturated heterocycles. The first-order valence-corrected chi connectivity index (χ1v) is 7.71. The highest BCUT2D eigenvalue weighted by Crippen LogP contribution is 2.32. The SMILES string of the molecule is CO/C=N\c1ccc(C2CCNCC2)nc1-c1ccccc1. The van der Waals surface area contributed by atoms with Gasteiger partial charge >= 0.3 is 0 Å². The van der Waals surface area contributed by atoms with Crippen LogP contribution < -0.4 is 5.32 Å². The van der Waals surface area contributed by atoms with E-state index < -0.39 is 0 Å². The Morgan fingerprint density at radius 3 is 2.64 bits per heavy atom. The van der Waals surface area contributed by atoms with E-state index in [0.29, 0.717) is 5.92 Å². The fourth-order valence-corrected chi connectivity index (χ4v) is 2.83. The van der Waals surface area contributed by atoms with Crippen molar-refractivity contribution in [2.75, 3.05) is 20.2 Å². The van der Waals surface area contributed by atoms with E-state index in [9.17, 15) is 0 Å². The third-order valence-electron chi connectivity index (χ3n) is 4.00. The van der Waals surface area contributed by atoms with Crippen LogP contribution in [0.15, 0.2) is 47.5 Å². The standard InChI is InChI=1S/C18H21N3O/c1-22-13-20-17-8-7-16(14-9-11-19-12-10-14)21-18(17)15-5-3-2-4-6-15/h2-8,13-14,19H,9-12H2,1H3/b20-13-. The minimum atomic E-state index is 0.532. The van der Waals surface area contributed by atoms with Crippen molar-refractivity contribution in [1.82, 2.24) is 10.3 Å². The first-order valence-electron chi connectivity index (χ1n) is 7.71. The molecule has 3 rings (SSSR count). The van der Waals surface area contributed by atoms with Gasteiger partial charge in [0, 0.05) is 17.2 Å². The highest BCUT2D eigenvalue weighted by Gasteiger charge is 2.18. The minimum Gasteiger partial charge on any atom is -0.486 e. The first-order chi connectivity index (χ1) is 10.9. The Morgan fingerprint density at radius 2 is 1.91 bits per heavy atom. The van der Waals surface area contributed by atoms with Gasteiger partial charge in [0.2, 0.25) is 0 Å². The molecule has 4 heteroatoms. The third kappa shape index (κ3) is 3.34. The lowest BCUT2D eigenvalue weighted by atomic mass is 9.93. The fourth-order valence-electron chi connectivity index (χ4n) is 2.83. The van der Waals surface area contributed by atoms with Gasteiger partial charge < -0.3 is 10.1 Å². The maximum absolute atomic E-state index is 4.96. The molecule has 0 amide bonds. The van der Waals surface area contributed by atoms with E-state index in [1.807, 2.05) is 24.3 Å². The largest absolute Gasteiger partial charge is 0.486 e. The van der Waals surface area contributed by atoms with E-state index in [2.05, 4.69) is 28.5 Å². The number of aliphatic imine (C=N–C) groups is 1. The Balaban J connectivity index is 2.00. The molecular weight excluding hydrogens is 274 g/mol. The highest BCUT2D eigenvalue weighted by atomic mass is 16.5. The van der Waals surface area contributed by atoms with E-state index in [1.54, 1.807) is 7.11 Å². The maximum Gasteiger partial charge on any atom is 0.174 e. The number of methoxy groups -OCH3 is 1. The predicted octanol–water partition coefficient (Wildman–Crippen LogP) is 3.52. The molecule has 2 heterocycles. The van der Waals surface area contributed by atoms with Crippen LogP contribution in [0.25, 0.3) is 11.3 Å². The van der Waals surface area contributed by atoms with Crippen molar-refractivity contribution in [3.05, 3.63) is 48.2 Å². The lowest BCUT2D eigenvalue weighted by molar-refractivity contribution is 0.423. The molecule has 0 unspecified atom stereocenters. The van der Waals surface area contributed by atoms with Crippen LogP contribution in [0.5, 0.6) is 0 Å². The topological polar surface area (TPSA) is 46.5 Å². The average Bonchev–Trinajstić information content (AvgIpc) is 2.61. The molecule has 1 N–H and O–H groups in total. The lowest BCUT2D eigenvalue weighted by Gasteiger charge is -2.22. The summed E-state index contributed by atoms with van der Waals surface area (Å²) < 4.78 is 4.96. The van der Waals surface area contributed by atoms with Gasteiger partial charge in [-0.25, -0.2) is 4.99 Å². The van der Waals surface area contributed by atoms with Crippen LogP contribution >= 0.6 is 0 Å². The van der Waals surface area contributed by atoms with Gasteiger partial charge in [0.05, 0.1) is 18.5 Å². The number of hydrogen-bond acceptors (Lipinski definition) is 4. The molecule has 0 aliphatic carbocycles. The van der Waals surface area contributed by atoms with Crippen LogP contribution in [0, 0.1) is 0 Å². The van der Waals surface area contributed by atoms with Gasteiger partial charge in [0.25, 0.3) is 0 Å². The summed E-state index contributed by atoms with van der Waals surface area (Å²) in [6, 6.07) is 14.3. The molecule has 0 spiro atoms. The van der Waals surface area contributed by atoms with E-state index in [4.69, 9.17) is 9.72 Å². The maximum atomic E-state index is 4.96. The molecule has 0 bridgehead atoms. The van der Waals surface area contributed by atoms with Gasteiger partial charge in [-0.05, 0) is 38.1 Å². The second-order valence-corrected chi connectivity index (χ2v) is 5.46. The first kappa shape index (κ1) is 14.7. The van der Waals surface area contributed by atoms with Gasteiger partial charge in [0.15, 0.2) is 6.40 Å². The molecule has 1 aliphatic heterocycles. The lowest BCUT2D eigenvalue weighted by Crippen LogP contribution is -2.27. The van der Waals surface area contributed by atoms with Crippen LogP contribution in [0.1, 0.15) is 24.5 Å². The molecule has 0 saturated carbocycles. The van der Waals surface area contributed by atoms with E-state index >= 15 is 0 Å². The number of ether oxygens (including phenoxy) is 1. The number of benzene rings is 1.